The second-order valence-corrected chi connectivity index (χ2v) is 5.66. The van der Waals surface area contributed by atoms with E-state index in [0.29, 0.717) is 17.9 Å². The van der Waals surface area contributed by atoms with Gasteiger partial charge >= 0.3 is 11.9 Å². The Balaban J connectivity index is 2.24. The Morgan fingerprint density at radius 1 is 1.17 bits per heavy atom. The summed E-state index contributed by atoms with van der Waals surface area (Å²) >= 11 is 0. The minimum absolute atomic E-state index is 0.283. The van der Waals surface area contributed by atoms with Crippen LogP contribution in [0.5, 0.6) is 5.75 Å². The Kier molecular flexibility index (Phi) is 5.03. The van der Waals surface area contributed by atoms with Crippen LogP contribution < -0.4 is 4.74 Å². The van der Waals surface area contributed by atoms with Crippen LogP contribution in [0, 0.1) is 5.82 Å². The third-order valence-electron chi connectivity index (χ3n) is 3.09. The molecule has 1 aliphatic rings. The lowest BCUT2D eigenvalue weighted by Gasteiger charge is -2.29. The second-order valence-electron chi connectivity index (χ2n) is 5.66. The molecule has 0 radical (unpaired) electrons. The lowest BCUT2D eigenvalue weighted by molar-refractivity contribution is -0.222. The van der Waals surface area contributed by atoms with Crippen molar-refractivity contribution in [3.05, 3.63) is 35.2 Å². The van der Waals surface area contributed by atoms with E-state index in [2.05, 4.69) is 0 Å². The summed E-state index contributed by atoms with van der Waals surface area (Å²) in [7, 11) is 0. The first-order valence-corrected chi connectivity index (χ1v) is 7.42. The van der Waals surface area contributed by atoms with Crippen LogP contribution in [0.2, 0.25) is 0 Å². The van der Waals surface area contributed by atoms with Crippen molar-refractivity contribution in [2.24, 2.45) is 0 Å². The lowest BCUT2D eigenvalue weighted by Crippen LogP contribution is -2.41. The van der Waals surface area contributed by atoms with E-state index in [9.17, 15) is 14.0 Å². The van der Waals surface area contributed by atoms with E-state index in [1.54, 1.807) is 6.07 Å². The molecule has 0 bridgehead atoms. The normalized spacial score (nSPS) is 16.6. The van der Waals surface area contributed by atoms with Gasteiger partial charge < -0.3 is 14.2 Å². The topological polar surface area (TPSA) is 61.8 Å². The molecule has 1 heterocycles. The molecule has 0 amide bonds. The highest BCUT2D eigenvalue weighted by Crippen LogP contribution is 2.25. The fourth-order valence-electron chi connectivity index (χ4n) is 2.03. The zero-order valence-corrected chi connectivity index (χ0v) is 13.3. The SMILES string of the molecule is CCCCOc1cc(F)cc(C=C2C(=O)OC(C)(C)OC2=O)c1. The molecule has 1 aromatic carbocycles. The number of ether oxygens (including phenoxy) is 3. The molecule has 0 spiro atoms. The summed E-state index contributed by atoms with van der Waals surface area (Å²) < 4.78 is 29.1. The molecule has 1 saturated heterocycles. The molecule has 1 aromatic rings. The summed E-state index contributed by atoms with van der Waals surface area (Å²) in [5.74, 6) is -3.10. The number of halogens is 1. The van der Waals surface area contributed by atoms with Gasteiger partial charge in [-0.05, 0) is 30.2 Å². The van der Waals surface area contributed by atoms with Gasteiger partial charge in [-0.2, -0.15) is 0 Å². The van der Waals surface area contributed by atoms with Crippen LogP contribution in [0.1, 0.15) is 39.2 Å². The molecule has 0 saturated carbocycles. The van der Waals surface area contributed by atoms with Crippen molar-refractivity contribution in [3.63, 3.8) is 0 Å². The van der Waals surface area contributed by atoms with E-state index in [1.165, 1.54) is 32.1 Å². The van der Waals surface area contributed by atoms with Gasteiger partial charge in [0, 0.05) is 19.9 Å². The number of esters is 2. The van der Waals surface area contributed by atoms with E-state index in [0.717, 1.165) is 12.8 Å². The van der Waals surface area contributed by atoms with E-state index in [1.807, 2.05) is 6.92 Å². The van der Waals surface area contributed by atoms with Crippen LogP contribution in [-0.2, 0) is 19.1 Å². The Morgan fingerprint density at radius 2 is 1.83 bits per heavy atom. The van der Waals surface area contributed by atoms with Crippen LogP contribution >= 0.6 is 0 Å². The molecule has 124 valence electrons. The van der Waals surface area contributed by atoms with Gasteiger partial charge in [0.25, 0.3) is 5.79 Å². The highest BCUT2D eigenvalue weighted by atomic mass is 19.1. The molecule has 5 nitrogen and oxygen atoms in total. The highest BCUT2D eigenvalue weighted by molar-refractivity contribution is 6.18. The van der Waals surface area contributed by atoms with Gasteiger partial charge in [-0.3, -0.25) is 0 Å². The summed E-state index contributed by atoms with van der Waals surface area (Å²) in [5, 5.41) is 0. The third kappa shape index (κ3) is 4.55. The molecule has 0 atom stereocenters. The third-order valence-corrected chi connectivity index (χ3v) is 3.09. The molecule has 1 fully saturated rings. The first-order chi connectivity index (χ1) is 10.8. The van der Waals surface area contributed by atoms with Gasteiger partial charge in [-0.15, -0.1) is 0 Å². The molecule has 1 aliphatic heterocycles. The zero-order valence-electron chi connectivity index (χ0n) is 13.3. The van der Waals surface area contributed by atoms with Gasteiger partial charge in [0.15, 0.2) is 0 Å². The number of cyclic esters (lactones) is 2. The van der Waals surface area contributed by atoms with Gasteiger partial charge in [0.2, 0.25) is 0 Å². The highest BCUT2D eigenvalue weighted by Gasteiger charge is 2.38. The minimum atomic E-state index is -1.30. The smallest absolute Gasteiger partial charge is 0.348 e. The first kappa shape index (κ1) is 17.0. The fourth-order valence-corrected chi connectivity index (χ4v) is 2.03. The summed E-state index contributed by atoms with van der Waals surface area (Å²) in [6.45, 7) is 5.41. The minimum Gasteiger partial charge on any atom is -0.493 e. The molecular formula is C17H19FO5. The number of hydrogen-bond acceptors (Lipinski definition) is 5. The number of hydrogen-bond donors (Lipinski definition) is 0. The van der Waals surface area contributed by atoms with Crippen molar-refractivity contribution in [2.45, 2.75) is 39.4 Å². The quantitative estimate of drug-likeness (QED) is 0.360. The molecule has 0 N–H and O–H groups in total. The van der Waals surface area contributed by atoms with E-state index in [4.69, 9.17) is 14.2 Å². The number of rotatable bonds is 5. The fraction of sp³-hybridized carbons (Fsp3) is 0.412. The monoisotopic (exact) mass is 322 g/mol. The van der Waals surface area contributed by atoms with E-state index >= 15 is 0 Å². The van der Waals surface area contributed by atoms with Gasteiger partial charge in [-0.1, -0.05) is 13.3 Å². The van der Waals surface area contributed by atoms with Crippen molar-refractivity contribution in [3.8, 4) is 5.75 Å². The standard InChI is InChI=1S/C17H19FO5/c1-4-5-6-21-13-8-11(7-12(18)10-13)9-14-15(19)22-17(2,3)23-16(14)20/h7-10H,4-6H2,1-3H3. The van der Waals surface area contributed by atoms with Crippen molar-refractivity contribution in [2.75, 3.05) is 6.61 Å². The molecule has 23 heavy (non-hydrogen) atoms. The number of benzene rings is 1. The first-order valence-electron chi connectivity index (χ1n) is 7.42. The van der Waals surface area contributed by atoms with Gasteiger partial charge in [0.05, 0.1) is 6.61 Å². The molecule has 0 aliphatic carbocycles. The van der Waals surface area contributed by atoms with Crippen LogP contribution in [0.4, 0.5) is 4.39 Å². The van der Waals surface area contributed by atoms with Crippen LogP contribution in [0.3, 0.4) is 0 Å². The summed E-state index contributed by atoms with van der Waals surface area (Å²) in [4.78, 5) is 23.8. The summed E-state index contributed by atoms with van der Waals surface area (Å²) in [6, 6.07) is 3.99. The van der Waals surface area contributed by atoms with Crippen LogP contribution in [-0.4, -0.2) is 24.3 Å². The Hall–Kier alpha value is -2.37. The Labute approximate surface area is 134 Å². The van der Waals surface area contributed by atoms with Crippen molar-refractivity contribution < 1.29 is 28.2 Å². The van der Waals surface area contributed by atoms with Gasteiger partial charge in [-0.25, -0.2) is 14.0 Å². The number of unbranched alkanes of at least 4 members (excludes halogenated alkanes) is 1. The molecule has 2 rings (SSSR count). The summed E-state index contributed by atoms with van der Waals surface area (Å²) in [5.41, 5.74) is 0.0366. The largest absolute Gasteiger partial charge is 0.493 e. The van der Waals surface area contributed by atoms with Crippen molar-refractivity contribution >= 4 is 18.0 Å². The predicted molar refractivity (Wildman–Crippen MR) is 81.0 cm³/mol. The molecule has 6 heteroatoms. The van der Waals surface area contributed by atoms with E-state index in [-0.39, 0.29) is 5.57 Å². The van der Waals surface area contributed by atoms with Gasteiger partial charge in [0.1, 0.15) is 17.1 Å². The predicted octanol–water partition coefficient (Wildman–Crippen LogP) is 3.22. The lowest BCUT2D eigenvalue weighted by atomic mass is 10.1. The Bertz CT molecular complexity index is 626. The number of carbonyl (C=O) groups is 2. The summed E-state index contributed by atoms with van der Waals surface area (Å²) in [6.07, 6.45) is 3.04. The maximum atomic E-state index is 13.7. The zero-order chi connectivity index (χ0) is 17.0. The molecular weight excluding hydrogens is 303 g/mol. The molecule has 0 aromatic heterocycles. The maximum absolute atomic E-state index is 13.7. The average Bonchev–Trinajstić information content (AvgIpc) is 2.42. The van der Waals surface area contributed by atoms with Crippen LogP contribution in [0.25, 0.3) is 6.08 Å². The molecule has 0 unspecified atom stereocenters. The Morgan fingerprint density at radius 3 is 2.43 bits per heavy atom. The maximum Gasteiger partial charge on any atom is 0.348 e. The van der Waals surface area contributed by atoms with Crippen molar-refractivity contribution in [1.29, 1.82) is 0 Å². The van der Waals surface area contributed by atoms with Crippen LogP contribution in [0.15, 0.2) is 23.8 Å². The van der Waals surface area contributed by atoms with Crippen molar-refractivity contribution in [1.82, 2.24) is 0 Å². The number of carbonyl (C=O) groups excluding carboxylic acids is 2. The second kappa shape index (κ2) is 6.81. The van der Waals surface area contributed by atoms with E-state index < -0.39 is 23.5 Å². The average molecular weight is 322 g/mol.